The fourth-order valence-electron chi connectivity index (χ4n) is 4.79. The third kappa shape index (κ3) is 19.3. The smallest absolute Gasteiger partial charge is 0.303 e. The van der Waals surface area contributed by atoms with E-state index in [9.17, 15) is 37.4 Å². The number of aliphatic carboxylic acids is 2. The van der Waals surface area contributed by atoms with Crippen LogP contribution in [0.5, 0.6) is 0 Å². The van der Waals surface area contributed by atoms with E-state index in [1.54, 1.807) is 0 Å². The molecule has 0 aliphatic carbocycles. The van der Waals surface area contributed by atoms with Gasteiger partial charge in [-0.3, -0.25) is 9.59 Å². The second-order valence-corrected chi connectivity index (χ2v) is 11.3. The van der Waals surface area contributed by atoms with Gasteiger partial charge in [0.25, 0.3) is 0 Å². The Morgan fingerprint density at radius 3 is 1.45 bits per heavy atom. The van der Waals surface area contributed by atoms with Gasteiger partial charge in [0, 0.05) is 12.8 Å². The molecule has 0 fully saturated rings. The van der Waals surface area contributed by atoms with E-state index in [1.807, 2.05) is 0 Å². The highest BCUT2D eigenvalue weighted by Crippen LogP contribution is 2.22. The second kappa shape index (κ2) is 23.4. The summed E-state index contributed by atoms with van der Waals surface area (Å²) in [5.74, 6) is -5.09. The largest absolute Gasteiger partial charge is 0.481 e. The van der Waals surface area contributed by atoms with Crippen LogP contribution in [0.2, 0.25) is 0 Å². The van der Waals surface area contributed by atoms with E-state index in [-0.39, 0.29) is 12.8 Å². The number of unbranched alkanes of at least 4 members (excludes halogenated alkanes) is 11. The van der Waals surface area contributed by atoms with E-state index in [2.05, 4.69) is 0 Å². The first kappa shape index (κ1) is 39.0. The lowest BCUT2D eigenvalue weighted by Crippen LogP contribution is -2.10. The van der Waals surface area contributed by atoms with Gasteiger partial charge in [-0.1, -0.05) is 82.8 Å². The number of carbonyl (C=O) groups is 2. The molecule has 0 spiro atoms. The van der Waals surface area contributed by atoms with Gasteiger partial charge >= 0.3 is 11.9 Å². The topological polar surface area (TPSA) is 115 Å². The van der Waals surface area contributed by atoms with Crippen LogP contribution in [0.15, 0.2) is 36.4 Å². The third-order valence-electron chi connectivity index (χ3n) is 7.33. The second-order valence-electron chi connectivity index (χ2n) is 11.3. The molecular weight excluding hydrogens is 580 g/mol. The summed E-state index contributed by atoms with van der Waals surface area (Å²) in [6.45, 7) is 0. The fraction of sp³-hybridized carbons (Fsp3) is 0.588. The number of aliphatic hydroxyl groups excluding tert-OH is 2. The van der Waals surface area contributed by atoms with Gasteiger partial charge in [0.1, 0.15) is 0 Å². The number of halogens is 4. The van der Waals surface area contributed by atoms with Crippen LogP contribution >= 0.6 is 0 Å². The van der Waals surface area contributed by atoms with Crippen molar-refractivity contribution in [2.45, 2.75) is 128 Å². The first-order valence-electron chi connectivity index (χ1n) is 15.7. The van der Waals surface area contributed by atoms with E-state index < -0.39 is 47.4 Å². The normalized spacial score (nSPS) is 12.3. The molecule has 0 radical (unpaired) electrons. The van der Waals surface area contributed by atoms with E-state index in [0.717, 1.165) is 101 Å². The van der Waals surface area contributed by atoms with Gasteiger partial charge < -0.3 is 20.4 Å². The van der Waals surface area contributed by atoms with Gasteiger partial charge in [-0.15, -0.1) is 0 Å². The number of hydrogen-bond acceptors (Lipinski definition) is 4. The average Bonchev–Trinajstić information content (AvgIpc) is 2.97. The maximum atomic E-state index is 13.1. The Morgan fingerprint density at radius 2 is 0.977 bits per heavy atom. The van der Waals surface area contributed by atoms with Crippen molar-refractivity contribution in [3.05, 3.63) is 70.8 Å². The molecule has 2 aromatic rings. The Kier molecular flexibility index (Phi) is 20.8. The standard InChI is InChI=1S/2C17H24F2O3/c18-15-10-9-13(12-16(15)19)11-14(20)7-5-3-1-2-4-6-8-17(21)22;18-14-11-10-13(12-15(14)19)16(20)8-6-4-2-1-3-5-7-9-17(21)22/h9-10,12,14,20H,1-8,11H2,(H,21,22);10-12,16,20H,1-9H2,(H,21,22). The molecular formula is C34H48F4O6. The van der Waals surface area contributed by atoms with Gasteiger partial charge in [-0.05, 0) is 67.5 Å². The zero-order valence-electron chi connectivity index (χ0n) is 25.5. The molecule has 4 N–H and O–H groups in total. The number of carboxylic acid groups (broad SMARTS) is 2. The van der Waals surface area contributed by atoms with Crippen molar-refractivity contribution in [3.63, 3.8) is 0 Å². The highest BCUT2D eigenvalue weighted by molar-refractivity contribution is 5.66. The lowest BCUT2D eigenvalue weighted by molar-refractivity contribution is -0.138. The molecule has 248 valence electrons. The van der Waals surface area contributed by atoms with Crippen molar-refractivity contribution in [1.82, 2.24) is 0 Å². The lowest BCUT2D eigenvalue weighted by atomic mass is 10.0. The molecule has 2 unspecified atom stereocenters. The maximum Gasteiger partial charge on any atom is 0.303 e. The first-order chi connectivity index (χ1) is 21.0. The van der Waals surface area contributed by atoms with Crippen molar-refractivity contribution in [1.29, 1.82) is 0 Å². The minimum atomic E-state index is -0.932. The number of rotatable bonds is 22. The Morgan fingerprint density at radius 1 is 0.545 bits per heavy atom. The van der Waals surface area contributed by atoms with Gasteiger partial charge in [0.15, 0.2) is 23.3 Å². The average molecular weight is 629 g/mol. The quantitative estimate of drug-likeness (QED) is 0.0766. The van der Waals surface area contributed by atoms with Crippen molar-refractivity contribution in [3.8, 4) is 0 Å². The summed E-state index contributed by atoms with van der Waals surface area (Å²) < 4.78 is 51.7. The van der Waals surface area contributed by atoms with Crippen LogP contribution in [0.3, 0.4) is 0 Å². The zero-order chi connectivity index (χ0) is 32.7. The molecule has 0 saturated carbocycles. The van der Waals surface area contributed by atoms with Gasteiger partial charge in [-0.25, -0.2) is 17.6 Å². The highest BCUT2D eigenvalue weighted by atomic mass is 19.2. The molecule has 2 aromatic carbocycles. The fourth-order valence-corrected chi connectivity index (χ4v) is 4.79. The van der Waals surface area contributed by atoms with E-state index in [4.69, 9.17) is 10.2 Å². The van der Waals surface area contributed by atoms with Crippen molar-refractivity contribution < 1.29 is 47.6 Å². The summed E-state index contributed by atoms with van der Waals surface area (Å²) >= 11 is 0. The number of hydrogen-bond donors (Lipinski definition) is 4. The monoisotopic (exact) mass is 628 g/mol. The van der Waals surface area contributed by atoms with Crippen LogP contribution in [0.4, 0.5) is 17.6 Å². The maximum absolute atomic E-state index is 13.1. The van der Waals surface area contributed by atoms with Crippen molar-refractivity contribution >= 4 is 11.9 Å². The molecule has 0 aliphatic heterocycles. The number of aliphatic hydroxyl groups is 2. The van der Waals surface area contributed by atoms with Gasteiger partial charge in [0.2, 0.25) is 0 Å². The summed E-state index contributed by atoms with van der Waals surface area (Å²) in [7, 11) is 0. The highest BCUT2D eigenvalue weighted by Gasteiger charge is 2.11. The van der Waals surface area contributed by atoms with E-state index in [1.165, 1.54) is 12.1 Å². The molecule has 0 aliphatic rings. The summed E-state index contributed by atoms with van der Waals surface area (Å²) in [6, 6.07) is 7.18. The summed E-state index contributed by atoms with van der Waals surface area (Å²) in [5, 5.41) is 36.8. The SMILES string of the molecule is O=C(O)CCCCCCCCC(O)Cc1ccc(F)c(F)c1.O=C(O)CCCCCCCCCC(O)c1ccc(F)c(F)c1. The minimum Gasteiger partial charge on any atom is -0.481 e. The molecule has 0 saturated heterocycles. The Labute approximate surface area is 258 Å². The molecule has 2 rings (SSSR count). The Bertz CT molecular complexity index is 1100. The predicted molar refractivity (Wildman–Crippen MR) is 161 cm³/mol. The van der Waals surface area contributed by atoms with Crippen LogP contribution in [-0.4, -0.2) is 38.5 Å². The van der Waals surface area contributed by atoms with Gasteiger partial charge in [-0.2, -0.15) is 0 Å². The van der Waals surface area contributed by atoms with Crippen molar-refractivity contribution in [2.24, 2.45) is 0 Å². The molecule has 0 aromatic heterocycles. The molecule has 0 heterocycles. The predicted octanol–water partition coefficient (Wildman–Crippen LogP) is 8.67. The molecule has 44 heavy (non-hydrogen) atoms. The first-order valence-corrected chi connectivity index (χ1v) is 15.7. The molecule has 0 bridgehead atoms. The minimum absolute atomic E-state index is 0.229. The van der Waals surface area contributed by atoms with Crippen LogP contribution in [0, 0.1) is 23.3 Å². The third-order valence-corrected chi connectivity index (χ3v) is 7.33. The lowest BCUT2D eigenvalue weighted by Gasteiger charge is -2.11. The molecule has 0 amide bonds. The molecule has 2 atom stereocenters. The van der Waals surface area contributed by atoms with Gasteiger partial charge in [0.05, 0.1) is 12.2 Å². The van der Waals surface area contributed by atoms with Crippen LogP contribution in [0.1, 0.15) is 126 Å². The van der Waals surface area contributed by atoms with Crippen LogP contribution in [-0.2, 0) is 16.0 Å². The summed E-state index contributed by atoms with van der Waals surface area (Å²) in [5.41, 5.74) is 1.01. The molecule has 6 nitrogen and oxygen atoms in total. The van der Waals surface area contributed by atoms with E-state index >= 15 is 0 Å². The summed E-state index contributed by atoms with van der Waals surface area (Å²) in [4.78, 5) is 20.7. The van der Waals surface area contributed by atoms with Crippen LogP contribution < -0.4 is 0 Å². The number of carboxylic acids is 2. The summed E-state index contributed by atoms with van der Waals surface area (Å²) in [6.07, 6.45) is 12.8. The zero-order valence-corrected chi connectivity index (χ0v) is 25.5. The number of benzene rings is 2. The molecule has 10 heteroatoms. The van der Waals surface area contributed by atoms with Crippen LogP contribution in [0.25, 0.3) is 0 Å². The van der Waals surface area contributed by atoms with E-state index in [0.29, 0.717) is 36.8 Å². The Balaban J connectivity index is 0.000000440. The van der Waals surface area contributed by atoms with Crippen molar-refractivity contribution in [2.75, 3.05) is 0 Å². The Hall–Kier alpha value is -2.98.